The van der Waals surface area contributed by atoms with E-state index in [1.54, 1.807) is 0 Å². The molecular weight excluding hydrogens is 392 g/mol. The Labute approximate surface area is 179 Å². The maximum atomic E-state index is 11.9. The Hall–Kier alpha value is -3.76. The number of hydrogen-bond acceptors (Lipinski definition) is 6. The Morgan fingerprint density at radius 2 is 2.10 bits per heavy atom. The van der Waals surface area contributed by atoms with E-state index < -0.39 is 0 Å². The van der Waals surface area contributed by atoms with E-state index in [9.17, 15) is 10.1 Å². The minimum atomic E-state index is -0.306. The van der Waals surface area contributed by atoms with Crippen molar-refractivity contribution in [3.8, 4) is 23.5 Å². The number of rotatable bonds is 2. The second-order valence-electron chi connectivity index (χ2n) is 7.49. The van der Waals surface area contributed by atoms with Crippen LogP contribution in [0.2, 0.25) is 0 Å². The lowest BCUT2D eigenvalue weighted by Crippen LogP contribution is -2.43. The number of fused-ring (bicyclic) bond motifs is 5. The summed E-state index contributed by atoms with van der Waals surface area (Å²) in [6.07, 6.45) is 12.0. The molecule has 5 rings (SSSR count). The Bertz CT molecular complexity index is 1230. The summed E-state index contributed by atoms with van der Waals surface area (Å²) in [4.78, 5) is 18.8. The molecule has 0 aromatic heterocycles. The fourth-order valence-corrected chi connectivity index (χ4v) is 4.39. The summed E-state index contributed by atoms with van der Waals surface area (Å²) >= 11 is 0. The van der Waals surface area contributed by atoms with E-state index in [2.05, 4.69) is 38.9 Å². The van der Waals surface area contributed by atoms with Crippen molar-refractivity contribution >= 4 is 24.5 Å². The summed E-state index contributed by atoms with van der Waals surface area (Å²) in [6, 6.07) is 11.9. The van der Waals surface area contributed by atoms with Gasteiger partial charge in [0.05, 0.1) is 16.1 Å². The summed E-state index contributed by atoms with van der Waals surface area (Å²) in [6.45, 7) is 0.420. The molecule has 2 aromatic carbocycles. The third-order valence-electron chi connectivity index (χ3n) is 5.69. The molecular formula is C24H22N4O3. The number of hydrogen-bond donors (Lipinski definition) is 1. The summed E-state index contributed by atoms with van der Waals surface area (Å²) in [5.41, 5.74) is 10.8. The van der Waals surface area contributed by atoms with Crippen molar-refractivity contribution in [1.29, 1.82) is 0 Å². The Kier molecular flexibility index (Phi) is 5.92. The molecule has 2 aliphatic carbocycles. The number of benzene rings is 2. The Balaban J connectivity index is 0.000000334. The van der Waals surface area contributed by atoms with Crippen LogP contribution in [-0.2, 0) is 11.2 Å². The van der Waals surface area contributed by atoms with Gasteiger partial charge in [-0.3, -0.25) is 10.1 Å². The molecule has 1 heterocycles. The quantitative estimate of drug-likeness (QED) is 0.462. The zero-order valence-corrected chi connectivity index (χ0v) is 16.9. The molecule has 2 unspecified atom stereocenters. The van der Waals surface area contributed by atoms with E-state index in [4.69, 9.17) is 12.2 Å². The van der Waals surface area contributed by atoms with Gasteiger partial charge in [0.25, 0.3) is 5.70 Å². The minimum absolute atomic E-state index is 0.224. The molecule has 0 saturated heterocycles. The smallest absolute Gasteiger partial charge is 0.258 e. The van der Waals surface area contributed by atoms with Crippen LogP contribution in [0.25, 0.3) is 22.9 Å². The van der Waals surface area contributed by atoms with Crippen molar-refractivity contribution in [2.75, 3.05) is 6.73 Å². The first kappa shape index (κ1) is 20.5. The van der Waals surface area contributed by atoms with Crippen molar-refractivity contribution in [2.45, 2.75) is 25.3 Å². The number of nitrogens with two attached hydrogens (primary N) is 1. The van der Waals surface area contributed by atoms with Gasteiger partial charge in [-0.25, -0.2) is 9.98 Å². The normalized spacial score (nSPS) is 19.9. The monoisotopic (exact) mass is 414 g/mol. The predicted molar refractivity (Wildman–Crippen MR) is 121 cm³/mol. The molecule has 2 atom stereocenters. The zero-order valence-electron chi connectivity index (χ0n) is 16.9. The lowest BCUT2D eigenvalue weighted by molar-refractivity contribution is -0.387. The molecule has 0 radical (unpaired) electrons. The van der Waals surface area contributed by atoms with Gasteiger partial charge < -0.3 is 10.5 Å². The standard InChI is InChI=1S/C21H18N2O2.C3H4N2O/c1-2-5-14-12-19(22)18-11-10-16-15-7-4-3-6-13(15)8-9-17(16)20(18)21(14)23(24)25;1-4-2-6-3-5-1/h1,3-4,6-7,9-11,14,19H,5,8,12,22H2;1-2H,3H2. The molecule has 1 aliphatic heterocycles. The van der Waals surface area contributed by atoms with Crippen LogP contribution >= 0.6 is 0 Å². The van der Waals surface area contributed by atoms with E-state index in [1.165, 1.54) is 18.3 Å². The van der Waals surface area contributed by atoms with Gasteiger partial charge in [0, 0.05) is 12.5 Å². The Morgan fingerprint density at radius 3 is 2.74 bits per heavy atom. The first-order valence-electron chi connectivity index (χ1n) is 10.0. The molecule has 7 nitrogen and oxygen atoms in total. The molecule has 31 heavy (non-hydrogen) atoms. The number of ether oxygens (including phenoxy) is 1. The topological polar surface area (TPSA) is 103 Å². The largest absolute Gasteiger partial charge is 0.461 e. The van der Waals surface area contributed by atoms with Crippen LogP contribution in [0.15, 0.2) is 46.4 Å². The Morgan fingerprint density at radius 1 is 1.26 bits per heavy atom. The van der Waals surface area contributed by atoms with E-state index in [1.807, 2.05) is 24.3 Å². The van der Waals surface area contributed by atoms with Crippen LogP contribution in [0.1, 0.15) is 30.0 Å². The third kappa shape index (κ3) is 3.98. The molecule has 3 aliphatic rings. The van der Waals surface area contributed by atoms with Gasteiger partial charge in [0.15, 0.2) is 13.1 Å². The van der Waals surface area contributed by atoms with Crippen LogP contribution in [0.3, 0.4) is 0 Å². The molecule has 7 heteroatoms. The number of terminal acetylenes is 1. The van der Waals surface area contributed by atoms with Crippen LogP contribution < -0.4 is 16.2 Å². The van der Waals surface area contributed by atoms with Crippen molar-refractivity contribution in [3.63, 3.8) is 0 Å². The summed E-state index contributed by atoms with van der Waals surface area (Å²) in [5, 5.41) is 13.5. The lowest BCUT2D eigenvalue weighted by atomic mass is 9.80. The van der Waals surface area contributed by atoms with Crippen LogP contribution in [0.5, 0.6) is 0 Å². The average Bonchev–Trinajstić information content (AvgIpc) is 2.80. The van der Waals surface area contributed by atoms with Gasteiger partial charge in [0.2, 0.25) is 0 Å². The van der Waals surface area contributed by atoms with Crippen molar-refractivity contribution < 1.29 is 9.66 Å². The summed E-state index contributed by atoms with van der Waals surface area (Å²) < 4.78 is 4.58. The zero-order chi connectivity index (χ0) is 21.8. The molecule has 0 amide bonds. The van der Waals surface area contributed by atoms with E-state index in [0.29, 0.717) is 24.8 Å². The highest BCUT2D eigenvalue weighted by Gasteiger charge is 2.34. The average molecular weight is 414 g/mol. The van der Waals surface area contributed by atoms with Crippen LogP contribution in [0.4, 0.5) is 0 Å². The molecule has 0 bridgehead atoms. The maximum Gasteiger partial charge on any atom is 0.258 e. The summed E-state index contributed by atoms with van der Waals surface area (Å²) in [5.74, 6) is 2.27. The lowest BCUT2D eigenvalue weighted by Gasteiger charge is -2.26. The molecule has 0 fully saturated rings. The predicted octanol–water partition coefficient (Wildman–Crippen LogP) is 2.15. The van der Waals surface area contributed by atoms with Gasteiger partial charge in [-0.15, -0.1) is 12.3 Å². The third-order valence-corrected chi connectivity index (χ3v) is 5.69. The number of nitro groups is 1. The van der Waals surface area contributed by atoms with Gasteiger partial charge in [0.1, 0.15) is 6.34 Å². The maximum absolute atomic E-state index is 11.9. The van der Waals surface area contributed by atoms with Crippen molar-refractivity contribution in [1.82, 2.24) is 0 Å². The molecule has 156 valence electrons. The van der Waals surface area contributed by atoms with E-state index in [-0.39, 0.29) is 22.6 Å². The summed E-state index contributed by atoms with van der Waals surface area (Å²) in [7, 11) is 0. The van der Waals surface area contributed by atoms with Gasteiger partial charge >= 0.3 is 0 Å². The highest BCUT2D eigenvalue weighted by atomic mass is 16.6. The number of nitrogens with zero attached hydrogens (tertiary/aromatic N) is 3. The first-order chi connectivity index (χ1) is 15.1. The van der Waals surface area contributed by atoms with E-state index in [0.717, 1.165) is 28.3 Å². The van der Waals surface area contributed by atoms with Crippen LogP contribution in [-0.4, -0.2) is 24.4 Å². The second-order valence-corrected chi connectivity index (χ2v) is 7.49. The second kappa shape index (κ2) is 8.94. The van der Waals surface area contributed by atoms with Gasteiger partial charge in [-0.05, 0) is 40.3 Å². The molecule has 2 N–H and O–H groups in total. The van der Waals surface area contributed by atoms with Crippen molar-refractivity contribution in [3.05, 3.63) is 68.1 Å². The fraction of sp³-hybridized carbons (Fsp3) is 0.250. The SMILES string of the molecule is C#CCC1CC(N)c2ccc3c(c2=C1[N+](=O)[O-])=CCc1ccccc1-3.C1=NC=NCO1. The molecule has 0 saturated carbocycles. The van der Waals surface area contributed by atoms with Gasteiger partial charge in [-0.1, -0.05) is 42.5 Å². The number of aliphatic imine (C=N–C) groups is 2. The van der Waals surface area contributed by atoms with E-state index >= 15 is 0 Å². The molecule has 2 aromatic rings. The van der Waals surface area contributed by atoms with Gasteiger partial charge in [-0.2, -0.15) is 0 Å². The highest BCUT2D eigenvalue weighted by Crippen LogP contribution is 2.32. The highest BCUT2D eigenvalue weighted by molar-refractivity contribution is 5.74. The first-order valence-corrected chi connectivity index (χ1v) is 10.0. The van der Waals surface area contributed by atoms with Crippen molar-refractivity contribution in [2.24, 2.45) is 21.6 Å². The fourth-order valence-electron chi connectivity index (χ4n) is 4.39. The molecule has 0 spiro atoms. The minimum Gasteiger partial charge on any atom is -0.461 e. The van der Waals surface area contributed by atoms with Crippen LogP contribution in [0, 0.1) is 28.4 Å².